The lowest BCUT2D eigenvalue weighted by Crippen LogP contribution is -2.03. The maximum atomic E-state index is 10.7. The second-order valence-corrected chi connectivity index (χ2v) is 3.61. The Balaban J connectivity index is 2.29. The van der Waals surface area contributed by atoms with Crippen LogP contribution in [0.1, 0.15) is 21.6 Å². The normalized spacial score (nSPS) is 10.2. The Morgan fingerprint density at radius 2 is 2.00 bits per heavy atom. The molecule has 0 spiro atoms. The number of aryl methyl sites for hydroxylation is 1. The van der Waals surface area contributed by atoms with Gasteiger partial charge in [-0.1, -0.05) is 24.3 Å². The van der Waals surface area contributed by atoms with Crippen molar-refractivity contribution in [1.29, 1.82) is 0 Å². The van der Waals surface area contributed by atoms with Crippen LogP contribution in [0, 0.1) is 6.92 Å². The number of aromatic nitrogens is 1. The van der Waals surface area contributed by atoms with Crippen LogP contribution >= 0.6 is 0 Å². The molecule has 0 unspecified atom stereocenters. The van der Waals surface area contributed by atoms with Gasteiger partial charge in [0.05, 0.1) is 5.69 Å². The van der Waals surface area contributed by atoms with Crippen LogP contribution in [-0.2, 0) is 6.54 Å². The molecule has 0 aliphatic rings. The summed E-state index contributed by atoms with van der Waals surface area (Å²) in [5.41, 5.74) is 3.22. The molecular weight excluding hydrogens is 186 g/mol. The number of carbonyl (C=O) groups excluding carboxylic acids is 1. The first kappa shape index (κ1) is 9.71. The van der Waals surface area contributed by atoms with Gasteiger partial charge in [-0.25, -0.2) is 0 Å². The second-order valence-electron chi connectivity index (χ2n) is 3.61. The molecule has 76 valence electrons. The molecule has 1 heterocycles. The Morgan fingerprint density at radius 1 is 1.20 bits per heavy atom. The third-order valence-corrected chi connectivity index (χ3v) is 2.59. The van der Waals surface area contributed by atoms with Crippen molar-refractivity contribution in [2.45, 2.75) is 13.5 Å². The predicted molar refractivity (Wildman–Crippen MR) is 60.1 cm³/mol. The minimum atomic E-state index is 0.721. The highest BCUT2D eigenvalue weighted by Gasteiger charge is 2.01. The maximum Gasteiger partial charge on any atom is 0.166 e. The Morgan fingerprint density at radius 3 is 2.73 bits per heavy atom. The quantitative estimate of drug-likeness (QED) is 0.696. The lowest BCUT2D eigenvalue weighted by molar-refractivity contribution is 0.111. The summed E-state index contributed by atoms with van der Waals surface area (Å²) >= 11 is 0. The topological polar surface area (TPSA) is 22.0 Å². The van der Waals surface area contributed by atoms with Crippen molar-refractivity contribution in [2.24, 2.45) is 0 Å². The fraction of sp³-hybridized carbons (Fsp3) is 0.154. The molecule has 0 saturated carbocycles. The standard InChI is InChI=1S/C13H13NO/c1-11-5-2-3-6-12(11)9-14-8-4-7-13(14)10-15/h2-8,10H,9H2,1H3. The number of carbonyl (C=O) groups is 1. The van der Waals surface area contributed by atoms with Crippen molar-refractivity contribution >= 4 is 6.29 Å². The van der Waals surface area contributed by atoms with E-state index in [1.165, 1.54) is 11.1 Å². The molecule has 0 aliphatic heterocycles. The van der Waals surface area contributed by atoms with E-state index in [2.05, 4.69) is 19.1 Å². The van der Waals surface area contributed by atoms with Crippen LogP contribution in [0.2, 0.25) is 0 Å². The minimum absolute atomic E-state index is 0.721. The van der Waals surface area contributed by atoms with E-state index in [1.54, 1.807) is 0 Å². The van der Waals surface area contributed by atoms with Gasteiger partial charge in [0.2, 0.25) is 0 Å². The SMILES string of the molecule is Cc1ccccc1Cn1cccc1C=O. The van der Waals surface area contributed by atoms with Crippen LogP contribution < -0.4 is 0 Å². The summed E-state index contributed by atoms with van der Waals surface area (Å²) in [6, 6.07) is 11.9. The van der Waals surface area contributed by atoms with Crippen molar-refractivity contribution in [1.82, 2.24) is 4.57 Å². The largest absolute Gasteiger partial charge is 0.341 e. The van der Waals surface area contributed by atoms with E-state index >= 15 is 0 Å². The lowest BCUT2D eigenvalue weighted by atomic mass is 10.1. The minimum Gasteiger partial charge on any atom is -0.341 e. The molecule has 15 heavy (non-hydrogen) atoms. The Bertz CT molecular complexity index is 471. The van der Waals surface area contributed by atoms with Crippen LogP contribution in [0.4, 0.5) is 0 Å². The van der Waals surface area contributed by atoms with Crippen molar-refractivity contribution in [2.75, 3.05) is 0 Å². The summed E-state index contributed by atoms with van der Waals surface area (Å²) in [6.07, 6.45) is 2.81. The number of aldehydes is 1. The molecule has 2 rings (SSSR count). The molecule has 2 nitrogen and oxygen atoms in total. The average molecular weight is 199 g/mol. The molecule has 0 aliphatic carbocycles. The number of nitrogens with zero attached hydrogens (tertiary/aromatic N) is 1. The van der Waals surface area contributed by atoms with E-state index in [-0.39, 0.29) is 0 Å². The Hall–Kier alpha value is -1.83. The fourth-order valence-corrected chi connectivity index (χ4v) is 1.65. The van der Waals surface area contributed by atoms with E-state index in [0.717, 1.165) is 18.5 Å². The summed E-state index contributed by atoms with van der Waals surface area (Å²) in [7, 11) is 0. The van der Waals surface area contributed by atoms with Crippen LogP contribution in [0.5, 0.6) is 0 Å². The highest BCUT2D eigenvalue weighted by Crippen LogP contribution is 2.10. The molecule has 2 aromatic rings. The molecule has 0 saturated heterocycles. The highest BCUT2D eigenvalue weighted by atomic mass is 16.1. The average Bonchev–Trinajstić information content (AvgIpc) is 2.69. The van der Waals surface area contributed by atoms with E-state index in [1.807, 2.05) is 35.0 Å². The second kappa shape index (κ2) is 4.13. The van der Waals surface area contributed by atoms with Gasteiger partial charge in [0, 0.05) is 12.7 Å². The zero-order chi connectivity index (χ0) is 10.7. The van der Waals surface area contributed by atoms with Crippen LogP contribution in [0.25, 0.3) is 0 Å². The number of rotatable bonds is 3. The molecular formula is C13H13NO. The van der Waals surface area contributed by atoms with Gasteiger partial charge in [0.1, 0.15) is 0 Å². The monoisotopic (exact) mass is 199 g/mol. The molecule has 0 atom stereocenters. The summed E-state index contributed by atoms with van der Waals surface area (Å²) in [5.74, 6) is 0. The summed E-state index contributed by atoms with van der Waals surface area (Å²) in [4.78, 5) is 10.7. The van der Waals surface area contributed by atoms with Gasteiger partial charge in [-0.15, -0.1) is 0 Å². The Kier molecular flexibility index (Phi) is 2.68. The summed E-state index contributed by atoms with van der Waals surface area (Å²) in [5, 5.41) is 0. The predicted octanol–water partition coefficient (Wildman–Crippen LogP) is 2.66. The first-order chi connectivity index (χ1) is 7.31. The summed E-state index contributed by atoms with van der Waals surface area (Å²) < 4.78 is 1.95. The first-order valence-electron chi connectivity index (χ1n) is 4.96. The van der Waals surface area contributed by atoms with Gasteiger partial charge in [0.15, 0.2) is 6.29 Å². The third-order valence-electron chi connectivity index (χ3n) is 2.59. The van der Waals surface area contributed by atoms with Crippen LogP contribution in [-0.4, -0.2) is 10.9 Å². The van der Waals surface area contributed by atoms with Crippen molar-refractivity contribution in [3.63, 3.8) is 0 Å². The van der Waals surface area contributed by atoms with E-state index in [4.69, 9.17) is 0 Å². The molecule has 0 N–H and O–H groups in total. The van der Waals surface area contributed by atoms with Crippen LogP contribution in [0.15, 0.2) is 42.6 Å². The molecule has 0 fully saturated rings. The van der Waals surface area contributed by atoms with Gasteiger partial charge in [0.25, 0.3) is 0 Å². The van der Waals surface area contributed by atoms with E-state index in [0.29, 0.717) is 0 Å². The van der Waals surface area contributed by atoms with Crippen LogP contribution in [0.3, 0.4) is 0 Å². The smallest absolute Gasteiger partial charge is 0.166 e. The maximum absolute atomic E-state index is 10.7. The molecule has 0 radical (unpaired) electrons. The van der Waals surface area contributed by atoms with Gasteiger partial charge in [-0.3, -0.25) is 4.79 Å². The molecule has 0 amide bonds. The molecule has 2 heteroatoms. The highest BCUT2D eigenvalue weighted by molar-refractivity contribution is 5.72. The number of benzene rings is 1. The van der Waals surface area contributed by atoms with Gasteiger partial charge in [-0.2, -0.15) is 0 Å². The lowest BCUT2D eigenvalue weighted by Gasteiger charge is -2.08. The molecule has 1 aromatic carbocycles. The van der Waals surface area contributed by atoms with Gasteiger partial charge < -0.3 is 4.57 Å². The first-order valence-corrected chi connectivity index (χ1v) is 4.96. The van der Waals surface area contributed by atoms with Gasteiger partial charge in [-0.05, 0) is 30.2 Å². The van der Waals surface area contributed by atoms with Crippen molar-refractivity contribution in [3.05, 3.63) is 59.4 Å². The molecule has 0 bridgehead atoms. The number of hydrogen-bond acceptors (Lipinski definition) is 1. The number of hydrogen-bond donors (Lipinski definition) is 0. The fourth-order valence-electron chi connectivity index (χ4n) is 1.65. The summed E-state index contributed by atoms with van der Waals surface area (Å²) in [6.45, 7) is 2.84. The van der Waals surface area contributed by atoms with Gasteiger partial charge >= 0.3 is 0 Å². The van der Waals surface area contributed by atoms with E-state index in [9.17, 15) is 4.79 Å². The molecule has 1 aromatic heterocycles. The third kappa shape index (κ3) is 1.99. The van der Waals surface area contributed by atoms with E-state index < -0.39 is 0 Å². The zero-order valence-electron chi connectivity index (χ0n) is 8.68. The van der Waals surface area contributed by atoms with Crippen molar-refractivity contribution in [3.8, 4) is 0 Å². The Labute approximate surface area is 89.2 Å². The van der Waals surface area contributed by atoms with Crippen molar-refractivity contribution < 1.29 is 4.79 Å². The zero-order valence-corrected chi connectivity index (χ0v) is 8.68.